The molecule has 8 heteroatoms. The van der Waals surface area contributed by atoms with Gasteiger partial charge in [0, 0.05) is 13.1 Å². The van der Waals surface area contributed by atoms with Crippen LogP contribution in [0.1, 0.15) is 41.3 Å². The highest BCUT2D eigenvalue weighted by Crippen LogP contribution is 2.32. The number of carbonyl (C=O) groups is 1. The van der Waals surface area contributed by atoms with Gasteiger partial charge in [-0.3, -0.25) is 9.52 Å². The van der Waals surface area contributed by atoms with Crippen LogP contribution < -0.4 is 9.46 Å². The Labute approximate surface area is 178 Å². The third-order valence-electron chi connectivity index (χ3n) is 5.14. The van der Waals surface area contributed by atoms with Crippen molar-refractivity contribution < 1.29 is 22.7 Å². The summed E-state index contributed by atoms with van der Waals surface area (Å²) in [5.74, 6) is 0.528. The molecule has 0 aromatic heterocycles. The van der Waals surface area contributed by atoms with E-state index in [9.17, 15) is 13.2 Å². The topological polar surface area (TPSA) is 84.9 Å². The third kappa shape index (κ3) is 4.60. The van der Waals surface area contributed by atoms with Gasteiger partial charge in [-0.05, 0) is 48.2 Å². The predicted octanol–water partition coefficient (Wildman–Crippen LogP) is 3.40. The van der Waals surface area contributed by atoms with Crippen molar-refractivity contribution in [1.82, 2.24) is 4.90 Å². The lowest BCUT2D eigenvalue weighted by Gasteiger charge is -2.27. The Hall–Kier alpha value is -2.58. The van der Waals surface area contributed by atoms with Crippen LogP contribution in [0.3, 0.4) is 0 Å². The van der Waals surface area contributed by atoms with E-state index in [1.807, 2.05) is 13.8 Å². The Bertz CT molecular complexity index is 1030. The summed E-state index contributed by atoms with van der Waals surface area (Å²) in [6.45, 7) is 7.60. The first-order chi connectivity index (χ1) is 14.2. The van der Waals surface area contributed by atoms with Crippen LogP contribution in [0.5, 0.6) is 5.75 Å². The second-order valence-corrected chi connectivity index (χ2v) is 9.22. The number of amides is 1. The quantitative estimate of drug-likeness (QED) is 0.756. The van der Waals surface area contributed by atoms with Gasteiger partial charge in [-0.1, -0.05) is 26.0 Å². The maximum absolute atomic E-state index is 13.3. The van der Waals surface area contributed by atoms with Crippen LogP contribution in [0, 0.1) is 6.92 Å². The molecule has 2 aromatic rings. The fourth-order valence-corrected chi connectivity index (χ4v) is 4.83. The third-order valence-corrected chi connectivity index (χ3v) is 6.65. The molecular weight excluding hydrogens is 404 g/mol. The average molecular weight is 433 g/mol. The van der Waals surface area contributed by atoms with Gasteiger partial charge in [0.15, 0.2) is 0 Å². The fourth-order valence-electron chi connectivity index (χ4n) is 3.49. The van der Waals surface area contributed by atoms with Crippen molar-refractivity contribution >= 4 is 21.6 Å². The van der Waals surface area contributed by atoms with Crippen LogP contribution in [0.4, 0.5) is 5.69 Å². The summed E-state index contributed by atoms with van der Waals surface area (Å²) < 4.78 is 39.8. The highest BCUT2D eigenvalue weighted by atomic mass is 32.2. The van der Waals surface area contributed by atoms with Crippen LogP contribution in [-0.4, -0.2) is 52.6 Å². The Morgan fingerprint density at radius 1 is 1.17 bits per heavy atom. The monoisotopic (exact) mass is 432 g/mol. The van der Waals surface area contributed by atoms with E-state index < -0.39 is 10.0 Å². The van der Waals surface area contributed by atoms with Crippen LogP contribution in [0.2, 0.25) is 0 Å². The highest BCUT2D eigenvalue weighted by Gasteiger charge is 2.25. The summed E-state index contributed by atoms with van der Waals surface area (Å²) in [4.78, 5) is 14.8. The first kappa shape index (κ1) is 22.1. The van der Waals surface area contributed by atoms with Crippen LogP contribution in [0.25, 0.3) is 0 Å². The Balaban J connectivity index is 1.97. The van der Waals surface area contributed by atoms with Crippen molar-refractivity contribution in [2.45, 2.75) is 31.6 Å². The van der Waals surface area contributed by atoms with Gasteiger partial charge in [0.05, 0.1) is 36.5 Å². The number of rotatable bonds is 6. The number of aryl methyl sites for hydroxylation is 1. The van der Waals surface area contributed by atoms with E-state index in [0.717, 1.165) is 5.56 Å². The van der Waals surface area contributed by atoms with Gasteiger partial charge < -0.3 is 14.4 Å². The van der Waals surface area contributed by atoms with Crippen LogP contribution in [0.15, 0.2) is 41.3 Å². The molecule has 1 aliphatic rings. The van der Waals surface area contributed by atoms with E-state index in [2.05, 4.69) is 4.72 Å². The molecule has 0 bridgehead atoms. The summed E-state index contributed by atoms with van der Waals surface area (Å²) in [6.07, 6.45) is 0. The Kier molecular flexibility index (Phi) is 6.67. The molecule has 0 saturated carbocycles. The number of hydrogen-bond acceptors (Lipinski definition) is 5. The van der Waals surface area contributed by atoms with Gasteiger partial charge in [-0.25, -0.2) is 8.42 Å². The number of morpholine rings is 1. The minimum absolute atomic E-state index is 0.0877. The number of ether oxygens (including phenoxy) is 2. The summed E-state index contributed by atoms with van der Waals surface area (Å²) >= 11 is 0. The molecule has 1 amide bonds. The lowest BCUT2D eigenvalue weighted by molar-refractivity contribution is 0.0303. The molecule has 30 heavy (non-hydrogen) atoms. The van der Waals surface area contributed by atoms with Crippen molar-refractivity contribution in [3.05, 3.63) is 53.1 Å². The molecule has 2 aromatic carbocycles. The van der Waals surface area contributed by atoms with Crippen molar-refractivity contribution in [2.24, 2.45) is 0 Å². The minimum Gasteiger partial charge on any atom is -0.496 e. The first-order valence-corrected chi connectivity index (χ1v) is 11.4. The number of nitrogens with zero attached hydrogens (tertiary/aromatic N) is 1. The number of benzene rings is 2. The molecule has 0 unspecified atom stereocenters. The standard InChI is InChI=1S/C22H28N2O5S/c1-15(2)18-14-21(16(3)13-20(18)28-4)30(26,27)23-19-8-6-5-7-17(19)22(25)24-9-11-29-12-10-24/h5-8,13-15,23H,9-12H2,1-4H3. The van der Waals surface area contributed by atoms with Crippen LogP contribution in [-0.2, 0) is 14.8 Å². The minimum atomic E-state index is -3.91. The van der Waals surface area contributed by atoms with E-state index in [4.69, 9.17) is 9.47 Å². The number of sulfonamides is 1. The number of anilines is 1. The summed E-state index contributed by atoms with van der Waals surface area (Å²) in [5, 5.41) is 0. The van der Waals surface area contributed by atoms with Gasteiger partial charge >= 0.3 is 0 Å². The Morgan fingerprint density at radius 3 is 2.47 bits per heavy atom. The van der Waals surface area contributed by atoms with Gasteiger partial charge in [0.1, 0.15) is 5.75 Å². The van der Waals surface area contributed by atoms with Gasteiger partial charge in [0.25, 0.3) is 15.9 Å². The Morgan fingerprint density at radius 2 is 1.83 bits per heavy atom. The van der Waals surface area contributed by atoms with Gasteiger partial charge in [-0.2, -0.15) is 0 Å². The largest absolute Gasteiger partial charge is 0.496 e. The molecule has 1 fully saturated rings. The summed E-state index contributed by atoms with van der Waals surface area (Å²) in [6, 6.07) is 10.0. The normalized spacial score (nSPS) is 14.6. The maximum Gasteiger partial charge on any atom is 0.262 e. The maximum atomic E-state index is 13.3. The van der Waals surface area contributed by atoms with Crippen molar-refractivity contribution in [1.29, 1.82) is 0 Å². The second kappa shape index (κ2) is 9.06. The summed E-state index contributed by atoms with van der Waals surface area (Å²) in [7, 11) is -2.34. The van der Waals surface area contributed by atoms with Crippen molar-refractivity contribution in [3.63, 3.8) is 0 Å². The molecule has 0 spiro atoms. The van der Waals surface area contributed by atoms with Crippen molar-refractivity contribution in [3.8, 4) is 5.75 Å². The molecule has 7 nitrogen and oxygen atoms in total. The SMILES string of the molecule is COc1cc(C)c(S(=O)(=O)Nc2ccccc2C(=O)N2CCOCC2)cc1C(C)C. The molecular formula is C22H28N2O5S. The number of nitrogens with one attached hydrogen (secondary N) is 1. The van der Waals surface area contributed by atoms with E-state index in [1.165, 1.54) is 0 Å². The zero-order chi connectivity index (χ0) is 21.9. The molecule has 162 valence electrons. The molecule has 1 heterocycles. The predicted molar refractivity (Wildman–Crippen MR) is 116 cm³/mol. The van der Waals surface area contributed by atoms with E-state index in [0.29, 0.717) is 43.2 Å². The van der Waals surface area contributed by atoms with Gasteiger partial charge in [-0.15, -0.1) is 0 Å². The summed E-state index contributed by atoms with van der Waals surface area (Å²) in [5.41, 5.74) is 1.95. The fraction of sp³-hybridized carbons (Fsp3) is 0.409. The first-order valence-electron chi connectivity index (χ1n) is 9.92. The van der Waals surface area contributed by atoms with E-state index in [-0.39, 0.29) is 22.4 Å². The van der Waals surface area contributed by atoms with Gasteiger partial charge in [0.2, 0.25) is 0 Å². The number of hydrogen-bond donors (Lipinski definition) is 1. The van der Waals surface area contributed by atoms with E-state index >= 15 is 0 Å². The second-order valence-electron chi connectivity index (χ2n) is 7.57. The molecule has 0 radical (unpaired) electrons. The highest BCUT2D eigenvalue weighted by molar-refractivity contribution is 7.92. The molecule has 1 saturated heterocycles. The van der Waals surface area contributed by atoms with Crippen LogP contribution >= 0.6 is 0 Å². The molecule has 0 aliphatic carbocycles. The van der Waals surface area contributed by atoms with E-state index in [1.54, 1.807) is 55.3 Å². The zero-order valence-electron chi connectivity index (χ0n) is 17.8. The number of methoxy groups -OCH3 is 1. The number of carbonyl (C=O) groups excluding carboxylic acids is 1. The molecule has 1 N–H and O–H groups in total. The smallest absolute Gasteiger partial charge is 0.262 e. The number of para-hydroxylation sites is 1. The van der Waals surface area contributed by atoms with Crippen molar-refractivity contribution in [2.75, 3.05) is 38.1 Å². The average Bonchev–Trinajstić information content (AvgIpc) is 2.73. The lowest BCUT2D eigenvalue weighted by Crippen LogP contribution is -2.41. The molecule has 1 aliphatic heterocycles. The zero-order valence-corrected chi connectivity index (χ0v) is 18.6. The lowest BCUT2D eigenvalue weighted by atomic mass is 10.0. The molecule has 0 atom stereocenters. The molecule has 3 rings (SSSR count).